The van der Waals surface area contributed by atoms with Crippen molar-refractivity contribution < 1.29 is 33.4 Å². The number of carbonyl (C=O) groups excluding carboxylic acids is 3. The van der Waals surface area contributed by atoms with Gasteiger partial charge in [0.15, 0.2) is 5.78 Å². The average Bonchev–Trinajstić information content (AvgIpc) is 3.73. The number of rotatable bonds is 8. The molecule has 48 heavy (non-hydrogen) atoms. The summed E-state index contributed by atoms with van der Waals surface area (Å²) in [6, 6.07) is -1.44. The van der Waals surface area contributed by atoms with E-state index in [2.05, 4.69) is 20.4 Å². The van der Waals surface area contributed by atoms with Gasteiger partial charge in [-0.3, -0.25) is 19.7 Å². The number of carbonyl (C=O) groups is 3. The van der Waals surface area contributed by atoms with Gasteiger partial charge in [-0.1, -0.05) is 25.7 Å². The van der Waals surface area contributed by atoms with Crippen LogP contribution in [0.2, 0.25) is 0 Å². The number of aliphatic hydroxyl groups excluding tert-OH is 1. The van der Waals surface area contributed by atoms with Crippen LogP contribution in [0.5, 0.6) is 0 Å². The maximum absolute atomic E-state index is 16.3. The zero-order valence-electron chi connectivity index (χ0n) is 28.9. The third-order valence-electron chi connectivity index (χ3n) is 12.2. The fourth-order valence-corrected chi connectivity index (χ4v) is 9.96. The molecule has 0 spiro atoms. The Bertz CT molecular complexity index is 1250. The van der Waals surface area contributed by atoms with Crippen molar-refractivity contribution in [2.75, 3.05) is 32.7 Å². The number of morpholine rings is 1. The highest BCUT2D eigenvalue weighted by Gasteiger charge is 2.60. The molecule has 10 unspecified atom stereocenters. The lowest BCUT2D eigenvalue weighted by Crippen LogP contribution is -2.73. The van der Waals surface area contributed by atoms with Gasteiger partial charge in [-0.05, 0) is 84.2 Å². The highest BCUT2D eigenvalue weighted by Crippen LogP contribution is 2.50. The smallest absolute Gasteiger partial charge is 0.259 e. The first kappa shape index (κ1) is 34.3. The highest BCUT2D eigenvalue weighted by atomic mass is 19.1. The molecule has 2 amide bonds. The van der Waals surface area contributed by atoms with Crippen LogP contribution in [-0.2, 0) is 23.9 Å². The van der Waals surface area contributed by atoms with Gasteiger partial charge in [-0.15, -0.1) is 0 Å². The van der Waals surface area contributed by atoms with Gasteiger partial charge in [0.2, 0.25) is 12.3 Å². The van der Waals surface area contributed by atoms with Crippen LogP contribution in [0.4, 0.5) is 4.39 Å². The molecule has 4 heterocycles. The van der Waals surface area contributed by atoms with Crippen LogP contribution in [0.15, 0.2) is 11.8 Å². The van der Waals surface area contributed by atoms with Gasteiger partial charge in [0.25, 0.3) is 5.91 Å². The summed E-state index contributed by atoms with van der Waals surface area (Å²) in [6.07, 6.45) is 8.12. The Kier molecular flexibility index (Phi) is 9.93. The van der Waals surface area contributed by atoms with Crippen molar-refractivity contribution in [2.45, 2.75) is 146 Å². The van der Waals surface area contributed by atoms with E-state index in [9.17, 15) is 19.5 Å². The zero-order chi connectivity index (χ0) is 33.7. The van der Waals surface area contributed by atoms with Crippen LogP contribution in [0.25, 0.3) is 0 Å². The number of hydrogen-bond acceptors (Lipinski definition) is 9. The van der Waals surface area contributed by atoms with Gasteiger partial charge >= 0.3 is 0 Å². The molecular formula is C36H56FN5O6. The lowest BCUT2D eigenvalue weighted by atomic mass is 9.65. The molecular weight excluding hydrogens is 617 g/mol. The van der Waals surface area contributed by atoms with Crippen molar-refractivity contribution in [3.63, 3.8) is 0 Å². The van der Waals surface area contributed by atoms with Crippen LogP contribution >= 0.6 is 0 Å². The maximum atomic E-state index is 16.3. The summed E-state index contributed by atoms with van der Waals surface area (Å²) in [6.45, 7) is 9.00. The van der Waals surface area contributed by atoms with Crippen molar-refractivity contribution in [1.29, 1.82) is 0 Å². The second-order valence-electron chi connectivity index (χ2n) is 16.6. The normalized spacial score (nSPS) is 38.9. The van der Waals surface area contributed by atoms with Gasteiger partial charge < -0.3 is 34.6 Å². The zero-order valence-corrected chi connectivity index (χ0v) is 28.9. The molecule has 4 aliphatic heterocycles. The summed E-state index contributed by atoms with van der Waals surface area (Å²) in [5, 5.41) is 16.5. The number of halogens is 1. The minimum Gasteiger partial charge on any atom is -0.368 e. The number of nitrogens with zero attached hydrogens (tertiary/aromatic N) is 3. The number of ether oxygens (including phenoxy) is 2. The highest BCUT2D eigenvalue weighted by molar-refractivity contribution is 6.20. The van der Waals surface area contributed by atoms with Gasteiger partial charge in [0, 0.05) is 44.2 Å². The second kappa shape index (κ2) is 13.9. The van der Waals surface area contributed by atoms with E-state index in [1.54, 1.807) is 11.1 Å². The fourth-order valence-electron chi connectivity index (χ4n) is 9.96. The Balaban J connectivity index is 1.11. The quantitative estimate of drug-likeness (QED) is 0.264. The molecule has 3 N–H and O–H groups in total. The van der Waals surface area contributed by atoms with Crippen LogP contribution in [0.3, 0.4) is 0 Å². The van der Waals surface area contributed by atoms with E-state index in [1.807, 2.05) is 20.8 Å². The molecule has 11 nitrogen and oxygen atoms in total. The molecule has 3 saturated carbocycles. The van der Waals surface area contributed by atoms with E-state index < -0.39 is 42.3 Å². The Morgan fingerprint density at radius 2 is 1.79 bits per heavy atom. The number of amides is 2. The second-order valence-corrected chi connectivity index (χ2v) is 16.6. The summed E-state index contributed by atoms with van der Waals surface area (Å²) in [5.41, 5.74) is -0.418. The predicted molar refractivity (Wildman–Crippen MR) is 176 cm³/mol. The molecule has 3 aliphatic carbocycles. The first-order valence-electron chi connectivity index (χ1n) is 18.7. The molecule has 6 fully saturated rings. The minimum absolute atomic E-state index is 0.00404. The Morgan fingerprint density at radius 1 is 1.06 bits per heavy atom. The average molecular weight is 674 g/mol. The molecule has 7 rings (SSSR count). The third-order valence-corrected chi connectivity index (χ3v) is 12.2. The molecule has 7 aliphatic rings. The summed E-state index contributed by atoms with van der Waals surface area (Å²) in [7, 11) is 0. The Hall–Kier alpha value is -2.12. The van der Waals surface area contributed by atoms with E-state index >= 15 is 4.39 Å². The monoisotopic (exact) mass is 673 g/mol. The van der Waals surface area contributed by atoms with E-state index in [0.717, 1.165) is 38.8 Å². The number of likely N-dealkylation sites (tertiary alicyclic amines) is 2. The molecule has 0 aromatic heterocycles. The van der Waals surface area contributed by atoms with Crippen LogP contribution in [-0.4, -0.2) is 125 Å². The van der Waals surface area contributed by atoms with Gasteiger partial charge in [0.1, 0.15) is 12.3 Å². The number of fused-ring (bicyclic) bond motifs is 3. The molecule has 0 radical (unpaired) electrons. The van der Waals surface area contributed by atoms with Crippen molar-refractivity contribution in [2.24, 2.45) is 17.8 Å². The Morgan fingerprint density at radius 3 is 2.52 bits per heavy atom. The van der Waals surface area contributed by atoms with Crippen LogP contribution in [0.1, 0.15) is 91.4 Å². The van der Waals surface area contributed by atoms with Crippen LogP contribution < -0.4 is 10.6 Å². The summed E-state index contributed by atoms with van der Waals surface area (Å²) < 4.78 is 28.7. The lowest BCUT2D eigenvalue weighted by Gasteiger charge is -2.60. The van der Waals surface area contributed by atoms with Gasteiger partial charge in [0.05, 0.1) is 35.4 Å². The first-order valence-corrected chi connectivity index (χ1v) is 18.7. The Labute approximate surface area is 284 Å². The van der Waals surface area contributed by atoms with E-state index in [0.29, 0.717) is 44.3 Å². The van der Waals surface area contributed by atoms with Gasteiger partial charge in [-0.2, -0.15) is 0 Å². The SMILES string of the molecule is CC(C)(C)OC(O)N[C@@H]1CCN(C(=O)C2=CN3C4CC5CCCCC5CC4OC4C(NC(=O)CCN5CCCC5)C(F)CC(C2=O)C43)C1. The molecule has 11 atom stereocenters. The van der Waals surface area contributed by atoms with Gasteiger partial charge in [-0.25, -0.2) is 4.39 Å². The number of ketones is 1. The topological polar surface area (TPSA) is 124 Å². The minimum atomic E-state index is -1.46. The number of alkyl halides is 1. The molecule has 3 saturated heterocycles. The largest absolute Gasteiger partial charge is 0.368 e. The van der Waals surface area contributed by atoms with Crippen molar-refractivity contribution in [3.05, 3.63) is 11.8 Å². The van der Waals surface area contributed by atoms with Crippen molar-refractivity contribution >= 4 is 17.6 Å². The van der Waals surface area contributed by atoms with Crippen molar-refractivity contribution in [3.8, 4) is 0 Å². The van der Waals surface area contributed by atoms with Crippen LogP contribution in [0, 0.1) is 17.8 Å². The number of aliphatic hydroxyl groups is 1. The maximum Gasteiger partial charge on any atom is 0.259 e. The lowest BCUT2D eigenvalue weighted by molar-refractivity contribution is -0.208. The number of hydrogen-bond donors (Lipinski definition) is 3. The summed E-state index contributed by atoms with van der Waals surface area (Å²) >= 11 is 0. The molecule has 268 valence electrons. The summed E-state index contributed by atoms with van der Waals surface area (Å²) in [5.74, 6) is -0.426. The molecule has 12 heteroatoms. The molecule has 0 aromatic rings. The van der Waals surface area contributed by atoms with E-state index in [4.69, 9.17) is 9.47 Å². The van der Waals surface area contributed by atoms with E-state index in [-0.39, 0.29) is 47.8 Å². The molecule has 0 bridgehead atoms. The number of Topliss-reactive ketones (excluding diaryl/α,β-unsaturated/α-hetero) is 1. The number of nitrogens with one attached hydrogen (secondary N) is 2. The standard InChI is InChI=1S/C36H56FN5O6/c1-36(2,3)48-35(46)38-23-10-15-41(19-23)34(45)25-20-42-27-16-21-8-4-5-9-22(21)17-28(27)47-33-30(26(37)18-24(31(33)42)32(25)44)39-29(43)11-14-40-12-6-7-13-40/h20-24,26-28,30-31,33,35,38,46H,4-19H2,1-3H3,(H,39,43)/t21?,22?,23-,24?,26?,27?,28?,30?,31?,33?,35?/m1/s1. The molecule has 0 aromatic carbocycles. The van der Waals surface area contributed by atoms with Crippen molar-refractivity contribution in [1.82, 2.24) is 25.3 Å². The fraction of sp³-hybridized carbons (Fsp3) is 0.861. The van der Waals surface area contributed by atoms with E-state index in [1.165, 1.54) is 25.7 Å². The summed E-state index contributed by atoms with van der Waals surface area (Å²) in [4.78, 5) is 47.6. The predicted octanol–water partition coefficient (Wildman–Crippen LogP) is 2.47. The third kappa shape index (κ3) is 7.06. The first-order chi connectivity index (χ1) is 22.9.